The molecule has 0 unspecified atom stereocenters. The minimum absolute atomic E-state index is 0.219. The number of H-pyrrole nitrogens is 1. The van der Waals surface area contributed by atoms with E-state index in [0.717, 1.165) is 33.4 Å². The molecule has 0 aliphatic carbocycles. The maximum Gasteiger partial charge on any atom is 0.222 e. The van der Waals surface area contributed by atoms with Gasteiger partial charge in [-0.1, -0.05) is 18.2 Å². The Hall–Kier alpha value is -3.15. The second-order valence-electron chi connectivity index (χ2n) is 4.98. The van der Waals surface area contributed by atoms with Gasteiger partial charge in [-0.2, -0.15) is 4.98 Å². The summed E-state index contributed by atoms with van der Waals surface area (Å²) in [5.41, 5.74) is 7.90. The van der Waals surface area contributed by atoms with Gasteiger partial charge in [0.05, 0.1) is 13.3 Å². The van der Waals surface area contributed by atoms with Crippen molar-refractivity contribution >= 4 is 27.9 Å². The van der Waals surface area contributed by atoms with Gasteiger partial charge >= 0.3 is 0 Å². The van der Waals surface area contributed by atoms with Gasteiger partial charge in [0.2, 0.25) is 5.95 Å². The number of rotatable bonds is 2. The van der Waals surface area contributed by atoms with Gasteiger partial charge in [-0.25, -0.2) is 9.97 Å². The molecular formula is C16H13N5O. The second-order valence-corrected chi connectivity index (χ2v) is 4.98. The number of methoxy groups -OCH3 is 1. The average molecular weight is 291 g/mol. The van der Waals surface area contributed by atoms with Crippen molar-refractivity contribution in [3.05, 3.63) is 42.6 Å². The fourth-order valence-electron chi connectivity index (χ4n) is 2.46. The first-order valence-electron chi connectivity index (χ1n) is 6.79. The van der Waals surface area contributed by atoms with E-state index >= 15 is 0 Å². The van der Waals surface area contributed by atoms with Gasteiger partial charge < -0.3 is 15.5 Å². The molecule has 4 rings (SSSR count). The van der Waals surface area contributed by atoms with E-state index in [4.69, 9.17) is 10.5 Å². The van der Waals surface area contributed by atoms with Gasteiger partial charge in [0.1, 0.15) is 17.1 Å². The van der Waals surface area contributed by atoms with Gasteiger partial charge in [0, 0.05) is 5.56 Å². The SMILES string of the molecule is COc1ccc2cc(-c3nc4nc(N)ncc4[nH]3)ccc2c1. The number of hydrogen-bond donors (Lipinski definition) is 2. The maximum atomic E-state index is 5.59. The highest BCUT2D eigenvalue weighted by molar-refractivity contribution is 5.88. The molecule has 6 nitrogen and oxygen atoms in total. The summed E-state index contributed by atoms with van der Waals surface area (Å²) in [7, 11) is 1.66. The van der Waals surface area contributed by atoms with Crippen LogP contribution in [0.4, 0.5) is 5.95 Å². The second kappa shape index (κ2) is 4.70. The first kappa shape index (κ1) is 12.6. The number of nitrogens with one attached hydrogen (secondary N) is 1. The zero-order valence-electron chi connectivity index (χ0n) is 11.9. The Morgan fingerprint density at radius 2 is 1.86 bits per heavy atom. The summed E-state index contributed by atoms with van der Waals surface area (Å²) in [5, 5.41) is 2.23. The van der Waals surface area contributed by atoms with Crippen LogP contribution < -0.4 is 10.5 Å². The number of imidazole rings is 1. The molecule has 0 fully saturated rings. The highest BCUT2D eigenvalue weighted by Crippen LogP contribution is 2.26. The van der Waals surface area contributed by atoms with Crippen molar-refractivity contribution in [2.24, 2.45) is 0 Å². The van der Waals surface area contributed by atoms with E-state index in [1.165, 1.54) is 0 Å². The van der Waals surface area contributed by atoms with Crippen LogP contribution in [0.3, 0.4) is 0 Å². The number of ether oxygens (including phenoxy) is 1. The zero-order chi connectivity index (χ0) is 15.1. The van der Waals surface area contributed by atoms with Crippen molar-refractivity contribution in [2.75, 3.05) is 12.8 Å². The molecule has 0 atom stereocenters. The smallest absolute Gasteiger partial charge is 0.222 e. The minimum Gasteiger partial charge on any atom is -0.497 e. The van der Waals surface area contributed by atoms with Crippen molar-refractivity contribution in [2.45, 2.75) is 0 Å². The summed E-state index contributed by atoms with van der Waals surface area (Å²) in [6.07, 6.45) is 1.64. The van der Waals surface area contributed by atoms with Crippen LogP contribution in [-0.2, 0) is 0 Å². The standard InChI is InChI=1S/C16H13N5O/c1-22-12-5-4-9-6-11(3-2-10(9)7-12)14-19-13-8-18-16(17)21-15(13)20-14/h2-8H,1H3,(H3,17,18,19,20,21). The number of nitrogens with two attached hydrogens (primary N) is 1. The Morgan fingerprint density at radius 1 is 1.05 bits per heavy atom. The predicted molar refractivity (Wildman–Crippen MR) is 85.6 cm³/mol. The van der Waals surface area contributed by atoms with Crippen molar-refractivity contribution in [3.63, 3.8) is 0 Å². The maximum absolute atomic E-state index is 5.59. The summed E-state index contributed by atoms with van der Waals surface area (Å²) in [6.45, 7) is 0. The van der Waals surface area contributed by atoms with Gasteiger partial charge in [-0.15, -0.1) is 0 Å². The molecule has 22 heavy (non-hydrogen) atoms. The lowest BCUT2D eigenvalue weighted by atomic mass is 10.1. The Balaban J connectivity index is 1.84. The molecule has 2 aromatic carbocycles. The molecule has 0 radical (unpaired) electrons. The van der Waals surface area contributed by atoms with E-state index in [0.29, 0.717) is 5.65 Å². The molecule has 4 aromatic rings. The summed E-state index contributed by atoms with van der Waals surface area (Å²) in [5.74, 6) is 1.80. The van der Waals surface area contributed by atoms with Crippen LogP contribution in [-0.4, -0.2) is 27.0 Å². The zero-order valence-corrected chi connectivity index (χ0v) is 11.9. The molecule has 3 N–H and O–H groups in total. The van der Waals surface area contributed by atoms with Crippen molar-refractivity contribution in [1.29, 1.82) is 0 Å². The highest BCUT2D eigenvalue weighted by atomic mass is 16.5. The van der Waals surface area contributed by atoms with Crippen LogP contribution in [0.1, 0.15) is 0 Å². The lowest BCUT2D eigenvalue weighted by molar-refractivity contribution is 0.415. The fourth-order valence-corrected chi connectivity index (χ4v) is 2.46. The number of anilines is 1. The van der Waals surface area contributed by atoms with Gasteiger partial charge in [0.25, 0.3) is 0 Å². The van der Waals surface area contributed by atoms with Gasteiger partial charge in [-0.05, 0) is 29.0 Å². The number of fused-ring (bicyclic) bond motifs is 2. The topological polar surface area (TPSA) is 89.7 Å². The van der Waals surface area contributed by atoms with Crippen LogP contribution in [0.25, 0.3) is 33.3 Å². The average Bonchev–Trinajstić information content (AvgIpc) is 2.96. The number of aromatic amines is 1. The van der Waals surface area contributed by atoms with Crippen molar-refractivity contribution < 1.29 is 4.74 Å². The van der Waals surface area contributed by atoms with Crippen molar-refractivity contribution in [1.82, 2.24) is 19.9 Å². The number of hydrogen-bond acceptors (Lipinski definition) is 5. The number of aromatic nitrogens is 4. The van der Waals surface area contributed by atoms with Crippen LogP contribution in [0, 0.1) is 0 Å². The minimum atomic E-state index is 0.219. The quantitative estimate of drug-likeness (QED) is 0.592. The third-order valence-corrected chi connectivity index (χ3v) is 3.58. The molecule has 0 aliphatic heterocycles. The first-order chi connectivity index (χ1) is 10.7. The van der Waals surface area contributed by atoms with Gasteiger partial charge in [0.15, 0.2) is 5.65 Å². The van der Waals surface area contributed by atoms with Crippen LogP contribution >= 0.6 is 0 Å². The predicted octanol–water partition coefficient (Wildman–Crippen LogP) is 2.76. The molecule has 0 amide bonds. The van der Waals surface area contributed by atoms with E-state index in [9.17, 15) is 0 Å². The molecule has 0 spiro atoms. The van der Waals surface area contributed by atoms with Crippen LogP contribution in [0.15, 0.2) is 42.6 Å². The van der Waals surface area contributed by atoms with E-state index in [1.807, 2.05) is 30.3 Å². The number of benzene rings is 2. The van der Waals surface area contributed by atoms with E-state index < -0.39 is 0 Å². The van der Waals surface area contributed by atoms with E-state index in [-0.39, 0.29) is 5.95 Å². The number of nitrogen functional groups attached to an aromatic ring is 1. The Morgan fingerprint density at radius 3 is 2.73 bits per heavy atom. The third kappa shape index (κ3) is 2.01. The first-order valence-corrected chi connectivity index (χ1v) is 6.79. The molecular weight excluding hydrogens is 278 g/mol. The molecule has 108 valence electrons. The van der Waals surface area contributed by atoms with Crippen molar-refractivity contribution in [3.8, 4) is 17.1 Å². The summed E-state index contributed by atoms with van der Waals surface area (Å²) < 4.78 is 5.24. The third-order valence-electron chi connectivity index (χ3n) is 3.58. The normalized spacial score (nSPS) is 11.1. The largest absolute Gasteiger partial charge is 0.497 e. The molecule has 2 heterocycles. The summed E-state index contributed by atoms with van der Waals surface area (Å²) in [4.78, 5) is 15.8. The Labute approximate surface area is 126 Å². The van der Waals surface area contributed by atoms with Gasteiger partial charge in [-0.3, -0.25) is 0 Å². The van der Waals surface area contributed by atoms with E-state index in [1.54, 1.807) is 13.3 Å². The molecule has 0 aliphatic rings. The van der Waals surface area contributed by atoms with Crippen LogP contribution in [0.5, 0.6) is 5.75 Å². The highest BCUT2D eigenvalue weighted by Gasteiger charge is 2.08. The number of nitrogens with zero attached hydrogens (tertiary/aromatic N) is 3. The molecule has 6 heteroatoms. The fraction of sp³-hybridized carbons (Fsp3) is 0.0625. The molecule has 0 saturated heterocycles. The monoisotopic (exact) mass is 291 g/mol. The Kier molecular flexibility index (Phi) is 2.69. The van der Waals surface area contributed by atoms with Crippen LogP contribution in [0.2, 0.25) is 0 Å². The van der Waals surface area contributed by atoms with E-state index in [2.05, 4.69) is 26.0 Å². The lowest BCUT2D eigenvalue weighted by Gasteiger charge is -2.04. The summed E-state index contributed by atoms with van der Waals surface area (Å²) in [6, 6.07) is 12.1. The summed E-state index contributed by atoms with van der Waals surface area (Å²) >= 11 is 0. The molecule has 2 aromatic heterocycles. The lowest BCUT2D eigenvalue weighted by Crippen LogP contribution is -1.93. The molecule has 0 saturated carbocycles. The Bertz CT molecular complexity index is 992. The molecule has 0 bridgehead atoms.